The zero-order valence-electron chi connectivity index (χ0n) is 20.1. The number of carbonyl (C=O) groups excluding carboxylic acids is 2. The number of carbonyl (C=O) groups is 2. The predicted molar refractivity (Wildman–Crippen MR) is 137 cm³/mol. The molecule has 9 nitrogen and oxygen atoms in total. The number of hydrogen-bond acceptors (Lipinski definition) is 6. The van der Waals surface area contributed by atoms with Gasteiger partial charge in [-0.2, -0.15) is 0 Å². The fourth-order valence-corrected chi connectivity index (χ4v) is 4.59. The van der Waals surface area contributed by atoms with Gasteiger partial charge in [-0.15, -0.1) is 0 Å². The van der Waals surface area contributed by atoms with Crippen LogP contribution in [0.4, 0.5) is 16.0 Å². The molecule has 4 heterocycles. The maximum Gasteiger partial charge on any atom is 0.299 e. The van der Waals surface area contributed by atoms with Crippen LogP contribution in [0.1, 0.15) is 48.4 Å². The Labute approximate surface area is 212 Å². The third-order valence-corrected chi connectivity index (χ3v) is 6.29. The summed E-state index contributed by atoms with van der Waals surface area (Å²) in [5.74, 6) is 5.31. The fourth-order valence-electron chi connectivity index (χ4n) is 4.59. The van der Waals surface area contributed by atoms with Gasteiger partial charge in [0.1, 0.15) is 34.5 Å². The van der Waals surface area contributed by atoms with Crippen LogP contribution in [-0.4, -0.2) is 42.6 Å². The lowest BCUT2D eigenvalue weighted by Crippen LogP contribution is -2.38. The smallest absolute Gasteiger partial charge is 0.299 e. The summed E-state index contributed by atoms with van der Waals surface area (Å²) in [7, 11) is 0. The van der Waals surface area contributed by atoms with Crippen LogP contribution in [0.15, 0.2) is 55.0 Å². The van der Waals surface area contributed by atoms with Crippen molar-refractivity contribution in [2.75, 3.05) is 17.6 Å². The van der Waals surface area contributed by atoms with E-state index in [0.717, 1.165) is 30.9 Å². The minimum Gasteiger partial charge on any atom is -0.382 e. The van der Waals surface area contributed by atoms with Gasteiger partial charge >= 0.3 is 0 Å². The summed E-state index contributed by atoms with van der Waals surface area (Å²) in [5, 5.41) is 2.58. The van der Waals surface area contributed by atoms with Gasteiger partial charge in [0.25, 0.3) is 11.8 Å². The molecule has 5 rings (SSSR count). The number of amides is 2. The molecule has 1 saturated heterocycles. The predicted octanol–water partition coefficient (Wildman–Crippen LogP) is 3.84. The molecule has 0 radical (unpaired) electrons. The van der Waals surface area contributed by atoms with Gasteiger partial charge in [0.2, 0.25) is 0 Å². The number of nitrogens with two attached hydrogens (primary N) is 1. The van der Waals surface area contributed by atoms with E-state index in [2.05, 4.69) is 27.1 Å². The fraction of sp³-hybridized carbons (Fsp3) is 0.222. The van der Waals surface area contributed by atoms with E-state index in [9.17, 15) is 14.0 Å². The number of nitrogens with one attached hydrogen (secondary N) is 1. The second-order valence-electron chi connectivity index (χ2n) is 8.63. The van der Waals surface area contributed by atoms with Crippen molar-refractivity contribution in [2.45, 2.75) is 32.2 Å². The summed E-state index contributed by atoms with van der Waals surface area (Å²) in [4.78, 5) is 40.3. The molecule has 37 heavy (non-hydrogen) atoms. The molecular formula is C27H24FN7O2. The van der Waals surface area contributed by atoms with E-state index in [4.69, 9.17) is 10.7 Å². The van der Waals surface area contributed by atoms with Gasteiger partial charge in [-0.3, -0.25) is 14.0 Å². The SMILES string of the molecule is CC#CC(=O)N1CCCCC1c1nc(-c2ccc(C(=O)Nc3cc(F)ccn3)cc2)c2c(N)nccn12. The molecule has 1 atom stereocenters. The lowest BCUT2D eigenvalue weighted by atomic mass is 10.0. The highest BCUT2D eigenvalue weighted by Crippen LogP contribution is 2.35. The standard InChI is InChI=1S/C27H24FN7O2/c1-2-5-22(36)34-14-4-3-6-20(34)26-33-23(24-25(29)31-13-15-35(24)26)17-7-9-18(10-8-17)27(37)32-21-16-19(28)11-12-30-21/h7-13,15-16,20H,3-4,6,14H2,1H3,(H2,29,31)(H,30,32,37). The number of pyridine rings is 1. The van der Waals surface area contributed by atoms with Gasteiger partial charge < -0.3 is 16.0 Å². The first-order valence-electron chi connectivity index (χ1n) is 11.9. The van der Waals surface area contributed by atoms with E-state index >= 15 is 0 Å². The molecule has 1 fully saturated rings. The number of likely N-dealkylation sites (tertiary alicyclic amines) is 1. The van der Waals surface area contributed by atoms with Gasteiger partial charge in [0.15, 0.2) is 0 Å². The number of hydrogen-bond donors (Lipinski definition) is 2. The van der Waals surface area contributed by atoms with Crippen molar-refractivity contribution in [3.63, 3.8) is 0 Å². The number of aromatic nitrogens is 4. The number of rotatable bonds is 4. The van der Waals surface area contributed by atoms with Gasteiger partial charge in [0, 0.05) is 42.3 Å². The van der Waals surface area contributed by atoms with E-state index in [1.165, 1.54) is 12.3 Å². The maximum absolute atomic E-state index is 13.4. The Balaban J connectivity index is 1.50. The number of fused-ring (bicyclic) bond motifs is 1. The minimum absolute atomic E-state index is 0.122. The first-order valence-corrected chi connectivity index (χ1v) is 11.9. The topological polar surface area (TPSA) is 119 Å². The lowest BCUT2D eigenvalue weighted by Gasteiger charge is -2.33. The van der Waals surface area contributed by atoms with Crippen molar-refractivity contribution < 1.29 is 14.0 Å². The third kappa shape index (κ3) is 4.71. The molecule has 1 aliphatic rings. The second-order valence-corrected chi connectivity index (χ2v) is 8.63. The Morgan fingerprint density at radius 2 is 1.95 bits per heavy atom. The molecule has 3 N–H and O–H groups in total. The largest absolute Gasteiger partial charge is 0.382 e. The van der Waals surface area contributed by atoms with Crippen molar-refractivity contribution in [1.29, 1.82) is 0 Å². The molecule has 0 saturated carbocycles. The number of nitrogen functional groups attached to an aromatic ring is 1. The summed E-state index contributed by atoms with van der Waals surface area (Å²) in [6.07, 6.45) is 7.29. The van der Waals surface area contributed by atoms with Crippen molar-refractivity contribution in [3.05, 3.63) is 72.2 Å². The molecule has 2 amide bonds. The molecule has 10 heteroatoms. The number of nitrogens with zero attached hydrogens (tertiary/aromatic N) is 5. The van der Waals surface area contributed by atoms with Crippen LogP contribution in [0.2, 0.25) is 0 Å². The molecule has 186 valence electrons. The molecule has 1 unspecified atom stereocenters. The first kappa shape index (κ1) is 23.9. The number of piperidine rings is 1. The molecule has 0 aliphatic carbocycles. The number of benzene rings is 1. The van der Waals surface area contributed by atoms with E-state index in [1.54, 1.807) is 48.5 Å². The van der Waals surface area contributed by atoms with Crippen LogP contribution in [0.25, 0.3) is 16.8 Å². The van der Waals surface area contributed by atoms with Gasteiger partial charge in [0.05, 0.1) is 6.04 Å². The average Bonchev–Trinajstić information content (AvgIpc) is 3.30. The molecular weight excluding hydrogens is 473 g/mol. The Hall–Kier alpha value is -4.78. The Morgan fingerprint density at radius 1 is 1.14 bits per heavy atom. The van der Waals surface area contributed by atoms with Gasteiger partial charge in [-0.1, -0.05) is 18.1 Å². The first-order chi connectivity index (χ1) is 18.0. The molecule has 0 spiro atoms. The Morgan fingerprint density at radius 3 is 2.70 bits per heavy atom. The minimum atomic E-state index is -0.491. The van der Waals surface area contributed by atoms with Gasteiger partial charge in [-0.05, 0) is 50.3 Å². The molecule has 0 bridgehead atoms. The monoisotopic (exact) mass is 497 g/mol. The van der Waals surface area contributed by atoms with Crippen LogP contribution >= 0.6 is 0 Å². The van der Waals surface area contributed by atoms with Crippen LogP contribution in [0.3, 0.4) is 0 Å². The van der Waals surface area contributed by atoms with Gasteiger partial charge in [-0.25, -0.2) is 19.3 Å². The van der Waals surface area contributed by atoms with Crippen molar-refractivity contribution >= 4 is 29.0 Å². The number of imidazole rings is 1. The quantitative estimate of drug-likeness (QED) is 0.414. The lowest BCUT2D eigenvalue weighted by molar-refractivity contribution is -0.129. The number of anilines is 2. The third-order valence-electron chi connectivity index (χ3n) is 6.29. The van der Waals surface area contributed by atoms with E-state index in [1.807, 2.05) is 4.40 Å². The second kappa shape index (κ2) is 10.1. The van der Waals surface area contributed by atoms with E-state index in [0.29, 0.717) is 35.0 Å². The number of halogens is 1. The van der Waals surface area contributed by atoms with Crippen molar-refractivity contribution in [2.24, 2.45) is 0 Å². The maximum atomic E-state index is 13.4. The Bertz CT molecular complexity index is 1550. The summed E-state index contributed by atoms with van der Waals surface area (Å²) in [5.41, 5.74) is 8.59. The summed E-state index contributed by atoms with van der Waals surface area (Å²) in [6.45, 7) is 2.25. The van der Waals surface area contributed by atoms with Crippen LogP contribution in [0, 0.1) is 17.7 Å². The van der Waals surface area contributed by atoms with E-state index < -0.39 is 11.7 Å². The van der Waals surface area contributed by atoms with Crippen LogP contribution < -0.4 is 11.1 Å². The van der Waals surface area contributed by atoms with Crippen molar-refractivity contribution in [3.8, 4) is 23.1 Å². The summed E-state index contributed by atoms with van der Waals surface area (Å²) >= 11 is 0. The molecule has 3 aromatic heterocycles. The summed E-state index contributed by atoms with van der Waals surface area (Å²) < 4.78 is 15.3. The molecule has 4 aromatic rings. The molecule has 1 aliphatic heterocycles. The summed E-state index contributed by atoms with van der Waals surface area (Å²) in [6, 6.07) is 8.91. The highest BCUT2D eigenvalue weighted by Gasteiger charge is 2.32. The zero-order valence-corrected chi connectivity index (χ0v) is 20.1. The highest BCUT2D eigenvalue weighted by atomic mass is 19.1. The normalized spacial score (nSPS) is 15.2. The van der Waals surface area contributed by atoms with Crippen molar-refractivity contribution in [1.82, 2.24) is 24.3 Å². The Kier molecular flexibility index (Phi) is 6.51. The van der Waals surface area contributed by atoms with Crippen LogP contribution in [0.5, 0.6) is 0 Å². The average molecular weight is 498 g/mol. The van der Waals surface area contributed by atoms with Crippen LogP contribution in [-0.2, 0) is 4.79 Å². The molecule has 1 aromatic carbocycles. The van der Waals surface area contributed by atoms with E-state index in [-0.39, 0.29) is 17.8 Å². The highest BCUT2D eigenvalue weighted by molar-refractivity contribution is 6.04. The zero-order chi connectivity index (χ0) is 25.9.